The van der Waals surface area contributed by atoms with Gasteiger partial charge in [-0.3, -0.25) is 9.78 Å². The Bertz CT molecular complexity index is 1140. The molecular weight excluding hydrogens is 380 g/mol. The van der Waals surface area contributed by atoms with E-state index in [9.17, 15) is 9.90 Å². The standard InChI is InChI=1S/C21H17ClN2O2S/c1-12(25)10-24-21(26)20-18(13-6-8-14(22)9-7-13)16-11-23-17-5-3-2-4-15(17)19(16)27-20/h2-9,11-12,25H,10H2,1H3,(H,24,26). The van der Waals surface area contributed by atoms with Crippen molar-refractivity contribution in [3.8, 4) is 11.1 Å². The molecular formula is C21H17ClN2O2S. The molecule has 4 rings (SSSR count). The van der Waals surface area contributed by atoms with Crippen LogP contribution in [0.15, 0.2) is 54.7 Å². The fraction of sp³-hybridized carbons (Fsp3) is 0.143. The van der Waals surface area contributed by atoms with E-state index in [1.165, 1.54) is 11.3 Å². The van der Waals surface area contributed by atoms with E-state index in [0.717, 1.165) is 32.1 Å². The number of hydrogen-bond acceptors (Lipinski definition) is 4. The smallest absolute Gasteiger partial charge is 0.262 e. The van der Waals surface area contributed by atoms with E-state index in [-0.39, 0.29) is 12.5 Å². The topological polar surface area (TPSA) is 62.2 Å². The van der Waals surface area contributed by atoms with Gasteiger partial charge in [-0.05, 0) is 30.7 Å². The molecule has 0 radical (unpaired) electrons. The first-order valence-electron chi connectivity index (χ1n) is 8.57. The van der Waals surface area contributed by atoms with Gasteiger partial charge in [-0.15, -0.1) is 11.3 Å². The number of para-hydroxylation sites is 1. The summed E-state index contributed by atoms with van der Waals surface area (Å²) in [5.41, 5.74) is 2.64. The van der Waals surface area contributed by atoms with Crippen molar-refractivity contribution in [1.29, 1.82) is 0 Å². The Morgan fingerprint density at radius 1 is 1.19 bits per heavy atom. The Balaban J connectivity index is 1.96. The highest BCUT2D eigenvalue weighted by atomic mass is 35.5. The van der Waals surface area contributed by atoms with E-state index in [4.69, 9.17) is 11.6 Å². The van der Waals surface area contributed by atoms with E-state index < -0.39 is 6.10 Å². The molecule has 2 aromatic heterocycles. The molecule has 0 spiro atoms. The SMILES string of the molecule is CC(O)CNC(=O)c1sc2c(cnc3ccccc32)c1-c1ccc(Cl)cc1. The van der Waals surface area contributed by atoms with E-state index >= 15 is 0 Å². The van der Waals surface area contributed by atoms with Crippen LogP contribution in [0.3, 0.4) is 0 Å². The normalized spacial score (nSPS) is 12.4. The molecule has 27 heavy (non-hydrogen) atoms. The first-order chi connectivity index (χ1) is 13.0. The zero-order chi connectivity index (χ0) is 19.0. The van der Waals surface area contributed by atoms with Gasteiger partial charge in [-0.25, -0.2) is 0 Å². The Labute approximate surface area is 165 Å². The molecule has 136 valence electrons. The number of hydrogen-bond donors (Lipinski definition) is 2. The van der Waals surface area contributed by atoms with Gasteiger partial charge < -0.3 is 10.4 Å². The summed E-state index contributed by atoms with van der Waals surface area (Å²) >= 11 is 7.49. The molecule has 4 aromatic rings. The molecule has 0 aliphatic carbocycles. The zero-order valence-electron chi connectivity index (χ0n) is 14.6. The van der Waals surface area contributed by atoms with Gasteiger partial charge in [-0.1, -0.05) is 41.9 Å². The minimum atomic E-state index is -0.607. The molecule has 6 heteroatoms. The summed E-state index contributed by atoms with van der Waals surface area (Å²) in [5.74, 6) is -0.203. The van der Waals surface area contributed by atoms with E-state index in [1.807, 2.05) is 54.7 Å². The summed E-state index contributed by atoms with van der Waals surface area (Å²) in [6, 6.07) is 15.3. The molecule has 0 saturated heterocycles. The van der Waals surface area contributed by atoms with Gasteiger partial charge in [0.25, 0.3) is 5.91 Å². The molecule has 1 amide bonds. The number of aromatic nitrogens is 1. The van der Waals surface area contributed by atoms with Crippen LogP contribution in [0, 0.1) is 0 Å². The second kappa shape index (κ2) is 7.27. The lowest BCUT2D eigenvalue weighted by Gasteiger charge is -2.08. The Morgan fingerprint density at radius 3 is 2.67 bits per heavy atom. The quantitative estimate of drug-likeness (QED) is 0.516. The van der Waals surface area contributed by atoms with Gasteiger partial charge in [0.15, 0.2) is 0 Å². The fourth-order valence-electron chi connectivity index (χ4n) is 3.06. The maximum absolute atomic E-state index is 12.9. The molecule has 0 saturated carbocycles. The van der Waals surface area contributed by atoms with Crippen LogP contribution in [-0.4, -0.2) is 28.6 Å². The van der Waals surface area contributed by atoms with E-state index in [1.54, 1.807) is 6.92 Å². The van der Waals surface area contributed by atoms with Crippen LogP contribution in [0.1, 0.15) is 16.6 Å². The molecule has 0 aliphatic heterocycles. The molecule has 4 nitrogen and oxygen atoms in total. The maximum Gasteiger partial charge on any atom is 0.262 e. The van der Waals surface area contributed by atoms with Crippen LogP contribution < -0.4 is 5.32 Å². The predicted molar refractivity (Wildman–Crippen MR) is 112 cm³/mol. The number of aliphatic hydroxyl groups excluding tert-OH is 1. The Morgan fingerprint density at radius 2 is 1.93 bits per heavy atom. The number of thiophene rings is 1. The van der Waals surface area contributed by atoms with E-state index in [0.29, 0.717) is 9.90 Å². The first-order valence-corrected chi connectivity index (χ1v) is 9.76. The van der Waals surface area contributed by atoms with Crippen LogP contribution >= 0.6 is 22.9 Å². The molecule has 2 heterocycles. The van der Waals surface area contributed by atoms with Crippen LogP contribution in [-0.2, 0) is 0 Å². The molecule has 0 fully saturated rings. The third-order valence-corrected chi connectivity index (χ3v) is 5.81. The Hall–Kier alpha value is -2.47. The van der Waals surface area contributed by atoms with Crippen molar-refractivity contribution < 1.29 is 9.90 Å². The number of amides is 1. The van der Waals surface area contributed by atoms with Crippen molar-refractivity contribution in [2.45, 2.75) is 13.0 Å². The number of nitrogens with one attached hydrogen (secondary N) is 1. The van der Waals surface area contributed by atoms with Gasteiger partial charge in [0.1, 0.15) is 4.88 Å². The number of benzene rings is 2. The fourth-order valence-corrected chi connectivity index (χ4v) is 4.44. The number of carbonyl (C=O) groups is 1. The van der Waals surface area contributed by atoms with Gasteiger partial charge in [-0.2, -0.15) is 0 Å². The number of fused-ring (bicyclic) bond motifs is 3. The van der Waals surface area contributed by atoms with E-state index in [2.05, 4.69) is 10.3 Å². The van der Waals surface area contributed by atoms with Gasteiger partial charge >= 0.3 is 0 Å². The minimum Gasteiger partial charge on any atom is -0.392 e. The molecule has 2 N–H and O–H groups in total. The summed E-state index contributed by atoms with van der Waals surface area (Å²) in [6.45, 7) is 1.84. The summed E-state index contributed by atoms with van der Waals surface area (Å²) in [4.78, 5) is 18.0. The summed E-state index contributed by atoms with van der Waals surface area (Å²) in [5, 5.41) is 14.9. The van der Waals surface area contributed by atoms with Crippen LogP contribution in [0.5, 0.6) is 0 Å². The highest BCUT2D eigenvalue weighted by molar-refractivity contribution is 7.22. The number of pyridine rings is 1. The number of aliphatic hydroxyl groups is 1. The van der Waals surface area contributed by atoms with Crippen LogP contribution in [0.25, 0.3) is 32.1 Å². The van der Waals surface area contributed by atoms with Gasteiger partial charge in [0.05, 0.1) is 11.6 Å². The van der Waals surface area contributed by atoms with Crippen molar-refractivity contribution in [3.05, 3.63) is 64.6 Å². The second-order valence-electron chi connectivity index (χ2n) is 6.39. The third kappa shape index (κ3) is 3.41. The van der Waals surface area contributed by atoms with Crippen LogP contribution in [0.2, 0.25) is 5.02 Å². The molecule has 1 atom stereocenters. The lowest BCUT2D eigenvalue weighted by molar-refractivity contribution is 0.0928. The molecule has 1 unspecified atom stereocenters. The first kappa shape index (κ1) is 17.9. The zero-order valence-corrected chi connectivity index (χ0v) is 16.1. The average Bonchev–Trinajstić information content (AvgIpc) is 3.07. The van der Waals surface area contributed by atoms with Crippen molar-refractivity contribution in [3.63, 3.8) is 0 Å². The average molecular weight is 397 g/mol. The summed E-state index contributed by atoms with van der Waals surface area (Å²) in [6.07, 6.45) is 1.22. The van der Waals surface area contributed by atoms with Crippen LogP contribution in [0.4, 0.5) is 0 Å². The van der Waals surface area contributed by atoms with Crippen molar-refractivity contribution in [2.24, 2.45) is 0 Å². The van der Waals surface area contributed by atoms with Crippen molar-refractivity contribution in [2.75, 3.05) is 6.54 Å². The summed E-state index contributed by atoms with van der Waals surface area (Å²) < 4.78 is 1.02. The lowest BCUT2D eigenvalue weighted by Crippen LogP contribution is -2.30. The number of nitrogens with zero attached hydrogens (tertiary/aromatic N) is 1. The third-order valence-electron chi connectivity index (χ3n) is 4.32. The Kier molecular flexibility index (Phi) is 4.83. The second-order valence-corrected chi connectivity index (χ2v) is 7.85. The number of halogens is 1. The maximum atomic E-state index is 12.9. The van der Waals surface area contributed by atoms with Gasteiger partial charge in [0, 0.05) is 38.8 Å². The van der Waals surface area contributed by atoms with Crippen molar-refractivity contribution >= 4 is 49.8 Å². The highest BCUT2D eigenvalue weighted by Gasteiger charge is 2.21. The minimum absolute atomic E-state index is 0.201. The highest BCUT2D eigenvalue weighted by Crippen LogP contribution is 2.41. The van der Waals surface area contributed by atoms with Gasteiger partial charge in [0.2, 0.25) is 0 Å². The number of carbonyl (C=O) groups excluding carboxylic acids is 1. The number of rotatable bonds is 4. The summed E-state index contributed by atoms with van der Waals surface area (Å²) in [7, 11) is 0. The largest absolute Gasteiger partial charge is 0.392 e. The molecule has 2 aromatic carbocycles. The molecule has 0 bridgehead atoms. The lowest BCUT2D eigenvalue weighted by atomic mass is 10.0. The monoisotopic (exact) mass is 396 g/mol. The van der Waals surface area contributed by atoms with Crippen molar-refractivity contribution in [1.82, 2.24) is 10.3 Å². The molecule has 0 aliphatic rings. The predicted octanol–water partition coefficient (Wildman–Crippen LogP) is 4.88.